The summed E-state index contributed by atoms with van der Waals surface area (Å²) in [5.41, 5.74) is 5.90. The molecule has 2 rings (SSSR count). The molecule has 2 heterocycles. The summed E-state index contributed by atoms with van der Waals surface area (Å²) < 4.78 is 12.8. The van der Waals surface area contributed by atoms with Gasteiger partial charge in [0.25, 0.3) is 5.91 Å². The van der Waals surface area contributed by atoms with Crippen LogP contribution in [0.1, 0.15) is 149 Å². The highest BCUT2D eigenvalue weighted by Crippen LogP contribution is 2.30. The first-order valence-electron chi connectivity index (χ1n) is 31.5. The summed E-state index contributed by atoms with van der Waals surface area (Å²) >= 11 is 0. The molecular formula is C63H112N12O13. The van der Waals surface area contributed by atoms with Gasteiger partial charge >= 0.3 is 0 Å². The molecule has 0 aromatic heterocycles. The molecule has 502 valence electrons. The molecule has 3 unspecified atom stereocenters. The third kappa shape index (κ3) is 20.4. The fraction of sp³-hybridized carbons (Fsp3) is 0.794. The summed E-state index contributed by atoms with van der Waals surface area (Å²) in [6, 6.07) is -12.4. The number of hydrogen-bond donors (Lipinski definition) is 5. The Morgan fingerprint density at radius 2 is 0.920 bits per heavy atom. The van der Waals surface area contributed by atoms with Crippen LogP contribution < -0.4 is 27.0 Å². The van der Waals surface area contributed by atoms with Gasteiger partial charge in [-0.2, -0.15) is 0 Å². The molecule has 25 heteroatoms. The van der Waals surface area contributed by atoms with Gasteiger partial charge in [0.2, 0.25) is 65.3 Å². The Morgan fingerprint density at radius 3 is 1.39 bits per heavy atom. The van der Waals surface area contributed by atoms with Crippen molar-refractivity contribution in [1.82, 2.24) is 55.6 Å². The third-order valence-electron chi connectivity index (χ3n) is 16.7. The van der Waals surface area contributed by atoms with Gasteiger partial charge in [-0.05, 0) is 102 Å². The Bertz CT molecular complexity index is 2440. The molecule has 88 heavy (non-hydrogen) atoms. The number of ether oxygens (including phenoxy) is 2. The number of nitrogens with one attached hydrogen (secondary N) is 4. The molecule has 0 aliphatic carbocycles. The van der Waals surface area contributed by atoms with Crippen LogP contribution >= 0.6 is 0 Å². The fourth-order valence-electron chi connectivity index (χ4n) is 11.4. The minimum absolute atomic E-state index is 0.00149. The molecule has 11 amide bonds. The van der Waals surface area contributed by atoms with Crippen LogP contribution in [0.25, 0.3) is 0 Å². The van der Waals surface area contributed by atoms with E-state index in [0.29, 0.717) is 6.42 Å². The number of nitrogens with zero attached hydrogens (tertiary/aromatic N) is 7. The first-order chi connectivity index (χ1) is 40.8. The van der Waals surface area contributed by atoms with Crippen molar-refractivity contribution in [3.63, 3.8) is 0 Å². The van der Waals surface area contributed by atoms with Gasteiger partial charge in [0.15, 0.2) is 0 Å². The smallest absolute Gasteiger partial charge is 0.273 e. The Hall–Kier alpha value is -6.21. The molecule has 14 atom stereocenters. The van der Waals surface area contributed by atoms with E-state index in [1.165, 1.54) is 87.7 Å². The number of carbonyl (C=O) groups excluding carboxylic acids is 11. The maximum atomic E-state index is 15.2. The Balaban J connectivity index is 3.05. The van der Waals surface area contributed by atoms with Crippen LogP contribution in [-0.4, -0.2) is 241 Å². The summed E-state index contributed by atoms with van der Waals surface area (Å²) in [5.74, 6) is -9.24. The molecule has 2 aliphatic rings. The largest absolute Gasteiger partial charge is 0.370 e. The minimum atomic E-state index is -1.69. The molecule has 0 spiro atoms. The van der Waals surface area contributed by atoms with E-state index in [0.717, 1.165) is 9.80 Å². The Morgan fingerprint density at radius 1 is 0.489 bits per heavy atom. The lowest BCUT2D eigenvalue weighted by atomic mass is 9.92. The number of fused-ring (bicyclic) bond motifs is 3. The van der Waals surface area contributed by atoms with Crippen molar-refractivity contribution in [2.45, 2.75) is 228 Å². The quantitative estimate of drug-likeness (QED) is 0.139. The first kappa shape index (κ1) is 77.9. The molecular weight excluding hydrogens is 1130 g/mol. The molecule has 6 N–H and O–H groups in total. The van der Waals surface area contributed by atoms with Gasteiger partial charge in [0.05, 0.1) is 18.8 Å². The second kappa shape index (κ2) is 35.3. The van der Waals surface area contributed by atoms with Crippen LogP contribution in [0.5, 0.6) is 0 Å². The van der Waals surface area contributed by atoms with Crippen LogP contribution in [0.3, 0.4) is 0 Å². The maximum absolute atomic E-state index is 15.2. The number of rotatable bonds is 16. The van der Waals surface area contributed by atoms with E-state index in [2.05, 4.69) is 21.3 Å². The number of hydrogen-bond acceptors (Lipinski definition) is 14. The van der Waals surface area contributed by atoms with E-state index < -0.39 is 156 Å². The zero-order valence-electron chi connectivity index (χ0n) is 57.3. The molecule has 2 aliphatic heterocycles. The number of likely N-dealkylation sites (N-methyl/N-ethyl adjacent to an activating group) is 7. The minimum Gasteiger partial charge on any atom is -0.370 e. The van der Waals surface area contributed by atoms with Crippen molar-refractivity contribution in [1.29, 1.82) is 0 Å². The van der Waals surface area contributed by atoms with Gasteiger partial charge in [0.1, 0.15) is 60.4 Å². The number of amides is 11. The highest BCUT2D eigenvalue weighted by atomic mass is 16.5. The lowest BCUT2D eigenvalue weighted by Gasteiger charge is -2.39. The van der Waals surface area contributed by atoms with Crippen molar-refractivity contribution in [3.8, 4) is 0 Å². The molecule has 0 radical (unpaired) electrons. The topological polar surface area (TPSA) is 303 Å². The van der Waals surface area contributed by atoms with Crippen molar-refractivity contribution in [2.75, 3.05) is 62.5 Å². The summed E-state index contributed by atoms with van der Waals surface area (Å²) in [4.78, 5) is 171. The molecule has 2 bridgehead atoms. The Labute approximate surface area is 525 Å². The lowest BCUT2D eigenvalue weighted by molar-refractivity contribution is -0.167. The Kier molecular flexibility index (Phi) is 31.2. The average molecular weight is 1250 g/mol. The summed E-state index contributed by atoms with van der Waals surface area (Å²) in [6.07, 6.45) is 0.959. The monoisotopic (exact) mass is 1240 g/mol. The van der Waals surface area contributed by atoms with Gasteiger partial charge in [0, 0.05) is 55.9 Å². The van der Waals surface area contributed by atoms with Crippen LogP contribution in [-0.2, 0) is 62.2 Å². The predicted octanol–water partition coefficient (Wildman–Crippen LogP) is 2.34. The van der Waals surface area contributed by atoms with E-state index in [1.807, 2.05) is 81.4 Å². The summed E-state index contributed by atoms with van der Waals surface area (Å²) in [6.45, 7) is 27.9. The molecule has 2 saturated heterocycles. The van der Waals surface area contributed by atoms with E-state index in [-0.39, 0.29) is 68.9 Å². The average Bonchev–Trinajstić information content (AvgIpc) is 3.34. The number of nitrogens with two attached hydrogens (primary N) is 1. The summed E-state index contributed by atoms with van der Waals surface area (Å²) in [5, 5.41) is 11.1. The van der Waals surface area contributed by atoms with Crippen molar-refractivity contribution >= 4 is 65.0 Å². The zero-order valence-corrected chi connectivity index (χ0v) is 57.3. The molecule has 2 fully saturated rings. The van der Waals surface area contributed by atoms with Crippen LogP contribution in [0.2, 0.25) is 0 Å². The third-order valence-corrected chi connectivity index (χ3v) is 16.7. The van der Waals surface area contributed by atoms with E-state index in [1.54, 1.807) is 27.7 Å². The van der Waals surface area contributed by atoms with E-state index in [9.17, 15) is 33.6 Å². The van der Waals surface area contributed by atoms with Gasteiger partial charge in [-0.25, -0.2) is 0 Å². The highest BCUT2D eigenvalue weighted by molar-refractivity contribution is 6.00. The highest BCUT2D eigenvalue weighted by Gasteiger charge is 2.50. The zero-order chi connectivity index (χ0) is 67.7. The molecule has 0 aromatic carbocycles. The summed E-state index contributed by atoms with van der Waals surface area (Å²) in [7, 11) is 9.91. The number of allylic oxidation sites excluding steroid dienone is 2. The van der Waals surface area contributed by atoms with Crippen LogP contribution in [0.4, 0.5) is 0 Å². The van der Waals surface area contributed by atoms with E-state index >= 15 is 19.2 Å². The molecule has 0 saturated carbocycles. The van der Waals surface area contributed by atoms with Gasteiger partial charge in [-0.1, -0.05) is 95.2 Å². The number of carbonyl (C=O) groups is 11. The maximum Gasteiger partial charge on any atom is 0.273 e. The van der Waals surface area contributed by atoms with Crippen molar-refractivity contribution < 1.29 is 62.2 Å². The van der Waals surface area contributed by atoms with E-state index in [4.69, 9.17) is 15.2 Å². The van der Waals surface area contributed by atoms with Gasteiger partial charge < -0.3 is 70.8 Å². The predicted molar refractivity (Wildman–Crippen MR) is 336 cm³/mol. The van der Waals surface area contributed by atoms with Crippen molar-refractivity contribution in [2.24, 2.45) is 41.2 Å². The van der Waals surface area contributed by atoms with Crippen LogP contribution in [0.15, 0.2) is 12.2 Å². The van der Waals surface area contributed by atoms with Gasteiger partial charge in [-0.15, -0.1) is 0 Å². The first-order valence-corrected chi connectivity index (χ1v) is 31.5. The normalized spacial score (nSPS) is 29.1. The lowest BCUT2D eigenvalue weighted by Crippen LogP contribution is -2.62. The fourth-order valence-corrected chi connectivity index (χ4v) is 11.4. The standard InChI is InChI=1S/C63H112N12O13/c1-24-26-27-39(13)51-50-55(79)67-43(25-2)57(81)75(23)63(87-29-28-64)62(86)70(18)45(31-35(5)6)54(78)68-48(38(11)12)60(84)69(17)44(30-34(3)4)53(77)65-40(14)52(76)66-41(15)56(80)71(19)46(32-36(7)8)58(82)72(20)47(33-37(9)10)59(83)73(21)49(42(16)88-51)61(85)74(50)22/h24,26,34-51,63H,25,27-33,64H2,1-23H3,(H,65,77)(H,66,76)(H,67,79)(H,68,78)/b26-24+/t39-,40+,41-,42?,43+,44+,45+,46+,47+,48+,49+,50?,51-,63?/m1/s1. The van der Waals surface area contributed by atoms with Crippen LogP contribution in [0, 0.1) is 35.5 Å². The van der Waals surface area contributed by atoms with Gasteiger partial charge in [-0.3, -0.25) is 52.7 Å². The second-order valence-electron chi connectivity index (χ2n) is 26.4. The molecule has 25 nitrogen and oxygen atoms in total. The SMILES string of the molecule is C/C=C/C[C@@H](C)[C@H]1OC(C)[C@H]2C(=O)N(C)C1C(=O)N[C@@H](CC)C(=O)N(C)C(OCCN)C(=O)N(C)[C@@H](CC(C)C)C(=O)N[C@@H](C(C)C)C(=O)N(C)[C@@H](CC(C)C)C(=O)N[C@@H](C)C(=O)N[C@H](C)C(=O)N(C)[C@@H](CC(C)C)C(=O)N(C)[C@@H](CC(C)C)C(=O)N2C. The molecule has 0 aromatic rings. The van der Waals surface area contributed by atoms with Crippen molar-refractivity contribution in [3.05, 3.63) is 12.2 Å². The second-order valence-corrected chi connectivity index (χ2v) is 26.4.